The van der Waals surface area contributed by atoms with Crippen molar-refractivity contribution >= 4 is 0 Å². The van der Waals surface area contributed by atoms with E-state index >= 15 is 0 Å². The van der Waals surface area contributed by atoms with Gasteiger partial charge in [0.1, 0.15) is 5.75 Å². The van der Waals surface area contributed by atoms with E-state index in [1.165, 1.54) is 16.7 Å². The maximum Gasteiger partial charge on any atom is 0.126 e. The van der Waals surface area contributed by atoms with Gasteiger partial charge in [-0.1, -0.05) is 51.5 Å². The lowest BCUT2D eigenvalue weighted by atomic mass is 9.81. The quantitative estimate of drug-likeness (QED) is 0.599. The first-order valence-corrected chi connectivity index (χ1v) is 7.73. The van der Waals surface area contributed by atoms with Crippen LogP contribution in [-0.2, 0) is 5.41 Å². The molecule has 1 rings (SSSR count). The van der Waals surface area contributed by atoms with Crippen molar-refractivity contribution in [1.82, 2.24) is 0 Å². The molecule has 0 heterocycles. The molecule has 112 valence electrons. The molecule has 0 saturated heterocycles. The molecule has 0 bridgehead atoms. The molecule has 0 aromatic heterocycles. The van der Waals surface area contributed by atoms with Gasteiger partial charge in [-0.2, -0.15) is 0 Å². The van der Waals surface area contributed by atoms with Gasteiger partial charge < -0.3 is 4.74 Å². The molecule has 0 aliphatic rings. The Morgan fingerprint density at radius 1 is 1.25 bits per heavy atom. The minimum atomic E-state index is 0.0950. The average molecular weight is 274 g/mol. The molecule has 1 aromatic rings. The SMILES string of the molecule is C=CCC(CC)c1cc(C)cc(C(C)(C)C)c1OCC. The molecule has 1 heteroatoms. The van der Waals surface area contributed by atoms with E-state index in [9.17, 15) is 0 Å². The first kappa shape index (κ1) is 16.8. The zero-order valence-electron chi connectivity index (χ0n) is 14.0. The second-order valence-corrected chi connectivity index (χ2v) is 6.54. The van der Waals surface area contributed by atoms with Crippen LogP contribution in [0.2, 0.25) is 0 Å². The smallest absolute Gasteiger partial charge is 0.126 e. The molecule has 0 spiro atoms. The van der Waals surface area contributed by atoms with Crippen molar-refractivity contribution in [3.63, 3.8) is 0 Å². The lowest BCUT2D eigenvalue weighted by molar-refractivity contribution is 0.323. The molecule has 1 aromatic carbocycles. The Kier molecular flexibility index (Phi) is 5.86. The molecule has 0 aliphatic heterocycles. The predicted molar refractivity (Wildman–Crippen MR) is 88.9 cm³/mol. The van der Waals surface area contributed by atoms with Gasteiger partial charge in [-0.25, -0.2) is 0 Å². The molecule has 0 saturated carbocycles. The standard InChI is InChI=1S/C19H30O/c1-8-11-15(9-2)16-12-14(4)13-17(19(5,6)7)18(16)20-10-3/h8,12-13,15H,1,9-11H2,2-7H3. The van der Waals surface area contributed by atoms with Gasteiger partial charge >= 0.3 is 0 Å². The molecule has 0 fully saturated rings. The fourth-order valence-electron chi connectivity index (χ4n) is 2.68. The van der Waals surface area contributed by atoms with Gasteiger partial charge in [0.15, 0.2) is 0 Å². The fourth-order valence-corrected chi connectivity index (χ4v) is 2.68. The summed E-state index contributed by atoms with van der Waals surface area (Å²) in [7, 11) is 0. The minimum Gasteiger partial charge on any atom is -0.493 e. The molecule has 0 N–H and O–H groups in total. The van der Waals surface area contributed by atoms with Crippen LogP contribution in [0.25, 0.3) is 0 Å². The highest BCUT2D eigenvalue weighted by molar-refractivity contribution is 5.49. The summed E-state index contributed by atoms with van der Waals surface area (Å²) in [5.74, 6) is 1.59. The molecule has 1 nitrogen and oxygen atoms in total. The summed E-state index contributed by atoms with van der Waals surface area (Å²) in [5.41, 5.74) is 4.07. The Morgan fingerprint density at radius 2 is 1.90 bits per heavy atom. The maximum absolute atomic E-state index is 6.04. The van der Waals surface area contributed by atoms with Gasteiger partial charge in [0.25, 0.3) is 0 Å². The van der Waals surface area contributed by atoms with Crippen LogP contribution in [-0.4, -0.2) is 6.61 Å². The van der Waals surface area contributed by atoms with Crippen molar-refractivity contribution in [2.45, 2.75) is 65.7 Å². The van der Waals surface area contributed by atoms with E-state index in [2.05, 4.69) is 60.3 Å². The van der Waals surface area contributed by atoms with E-state index in [4.69, 9.17) is 4.74 Å². The van der Waals surface area contributed by atoms with Crippen LogP contribution < -0.4 is 4.74 Å². The molecular weight excluding hydrogens is 244 g/mol. The zero-order valence-corrected chi connectivity index (χ0v) is 14.0. The summed E-state index contributed by atoms with van der Waals surface area (Å²) >= 11 is 0. The second kappa shape index (κ2) is 6.97. The van der Waals surface area contributed by atoms with Gasteiger partial charge in [-0.15, -0.1) is 6.58 Å². The van der Waals surface area contributed by atoms with Gasteiger partial charge in [0.2, 0.25) is 0 Å². The minimum absolute atomic E-state index is 0.0950. The summed E-state index contributed by atoms with van der Waals surface area (Å²) in [6.07, 6.45) is 4.13. The van der Waals surface area contributed by atoms with E-state index in [1.807, 2.05) is 6.08 Å². The first-order valence-electron chi connectivity index (χ1n) is 7.73. The highest BCUT2D eigenvalue weighted by atomic mass is 16.5. The van der Waals surface area contributed by atoms with Crippen molar-refractivity contribution in [3.05, 3.63) is 41.5 Å². The lowest BCUT2D eigenvalue weighted by Crippen LogP contribution is -2.16. The van der Waals surface area contributed by atoms with Gasteiger partial charge in [-0.05, 0) is 43.6 Å². The summed E-state index contributed by atoms with van der Waals surface area (Å²) < 4.78 is 6.04. The molecule has 20 heavy (non-hydrogen) atoms. The van der Waals surface area contributed by atoms with E-state index in [0.29, 0.717) is 12.5 Å². The number of benzene rings is 1. The lowest BCUT2D eigenvalue weighted by Gasteiger charge is -2.28. The summed E-state index contributed by atoms with van der Waals surface area (Å²) in [6.45, 7) is 17.8. The monoisotopic (exact) mass is 274 g/mol. The van der Waals surface area contributed by atoms with Crippen LogP contribution in [0.5, 0.6) is 5.75 Å². The normalized spacial score (nSPS) is 13.1. The van der Waals surface area contributed by atoms with Crippen LogP contribution in [0.15, 0.2) is 24.8 Å². The Morgan fingerprint density at radius 3 is 2.35 bits per heavy atom. The Balaban J connectivity index is 3.48. The maximum atomic E-state index is 6.04. The third-order valence-electron chi connectivity index (χ3n) is 3.74. The Bertz CT molecular complexity index is 452. The number of allylic oxidation sites excluding steroid dienone is 1. The van der Waals surface area contributed by atoms with E-state index in [-0.39, 0.29) is 5.41 Å². The van der Waals surface area contributed by atoms with Crippen LogP contribution >= 0.6 is 0 Å². The van der Waals surface area contributed by atoms with Gasteiger partial charge in [-0.3, -0.25) is 0 Å². The number of ether oxygens (including phenoxy) is 1. The molecule has 0 radical (unpaired) electrons. The van der Waals surface area contributed by atoms with Crippen LogP contribution in [0.3, 0.4) is 0 Å². The molecule has 0 amide bonds. The largest absolute Gasteiger partial charge is 0.493 e. The van der Waals surface area contributed by atoms with Crippen molar-refractivity contribution in [3.8, 4) is 5.75 Å². The summed E-state index contributed by atoms with van der Waals surface area (Å²) in [4.78, 5) is 0. The highest BCUT2D eigenvalue weighted by Crippen LogP contribution is 2.40. The fraction of sp³-hybridized carbons (Fsp3) is 0.579. The second-order valence-electron chi connectivity index (χ2n) is 6.54. The topological polar surface area (TPSA) is 9.23 Å². The molecule has 1 unspecified atom stereocenters. The number of aryl methyl sites for hydroxylation is 1. The van der Waals surface area contributed by atoms with Crippen molar-refractivity contribution in [2.75, 3.05) is 6.61 Å². The van der Waals surface area contributed by atoms with Crippen LogP contribution in [0.4, 0.5) is 0 Å². The van der Waals surface area contributed by atoms with Gasteiger partial charge in [0.05, 0.1) is 6.61 Å². The molecule has 1 atom stereocenters. The Labute approximate surface area is 125 Å². The third-order valence-corrected chi connectivity index (χ3v) is 3.74. The first-order chi connectivity index (χ1) is 9.35. The summed E-state index contributed by atoms with van der Waals surface area (Å²) in [5, 5.41) is 0. The number of hydrogen-bond donors (Lipinski definition) is 0. The molecule has 0 aliphatic carbocycles. The van der Waals surface area contributed by atoms with E-state index < -0.39 is 0 Å². The van der Waals surface area contributed by atoms with Crippen molar-refractivity contribution in [2.24, 2.45) is 0 Å². The zero-order chi connectivity index (χ0) is 15.3. The van der Waals surface area contributed by atoms with Crippen LogP contribution in [0, 0.1) is 6.92 Å². The highest BCUT2D eigenvalue weighted by Gasteiger charge is 2.24. The van der Waals surface area contributed by atoms with Gasteiger partial charge in [0, 0.05) is 5.56 Å². The Hall–Kier alpha value is -1.24. The van der Waals surface area contributed by atoms with Crippen molar-refractivity contribution in [1.29, 1.82) is 0 Å². The number of rotatable bonds is 6. The van der Waals surface area contributed by atoms with Crippen molar-refractivity contribution < 1.29 is 4.74 Å². The van der Waals surface area contributed by atoms with E-state index in [1.54, 1.807) is 0 Å². The van der Waals surface area contributed by atoms with Crippen LogP contribution in [0.1, 0.15) is 70.1 Å². The summed E-state index contributed by atoms with van der Waals surface area (Å²) in [6, 6.07) is 4.56. The number of hydrogen-bond acceptors (Lipinski definition) is 1. The molecular formula is C19H30O. The predicted octanol–water partition coefficient (Wildman–Crippen LogP) is 5.76. The third kappa shape index (κ3) is 3.88. The van der Waals surface area contributed by atoms with E-state index in [0.717, 1.165) is 18.6 Å². The average Bonchev–Trinajstić information content (AvgIpc) is 2.36.